The Kier molecular flexibility index (Phi) is 2.76. The van der Waals surface area contributed by atoms with E-state index in [1.54, 1.807) is 11.3 Å². The number of thiophene rings is 1. The maximum atomic E-state index is 11.6. The minimum absolute atomic E-state index is 0.125. The molecule has 1 aliphatic heterocycles. The van der Waals surface area contributed by atoms with Gasteiger partial charge in [-0.1, -0.05) is 0 Å². The van der Waals surface area contributed by atoms with Gasteiger partial charge in [0.2, 0.25) is 0 Å². The average Bonchev–Trinajstić information content (AvgIpc) is 2.74. The molecular weight excluding hydrogens is 184 g/mol. The molecule has 2 nitrogen and oxygen atoms in total. The summed E-state index contributed by atoms with van der Waals surface area (Å²) in [6.45, 7) is 0.750. The molecule has 0 amide bonds. The van der Waals surface area contributed by atoms with Crippen molar-refractivity contribution >= 4 is 17.1 Å². The Morgan fingerprint density at radius 3 is 3.23 bits per heavy atom. The molecule has 0 radical (unpaired) electrons. The molecule has 0 aromatic carbocycles. The van der Waals surface area contributed by atoms with Crippen LogP contribution >= 0.6 is 11.3 Å². The Hall–Kier alpha value is -0.670. The van der Waals surface area contributed by atoms with Crippen molar-refractivity contribution in [1.29, 1.82) is 0 Å². The zero-order valence-electron chi connectivity index (χ0n) is 7.36. The van der Waals surface area contributed by atoms with E-state index >= 15 is 0 Å². The van der Waals surface area contributed by atoms with Gasteiger partial charge in [0.25, 0.3) is 0 Å². The normalized spacial score (nSPS) is 22.0. The van der Waals surface area contributed by atoms with Crippen LogP contribution in [0.25, 0.3) is 0 Å². The molecule has 0 spiro atoms. The lowest BCUT2D eigenvalue weighted by atomic mass is 10.1. The van der Waals surface area contributed by atoms with Gasteiger partial charge < -0.3 is 4.74 Å². The number of Topliss-reactive ketones (excluding diaryl/α,β-unsaturated/α-hetero) is 1. The van der Waals surface area contributed by atoms with Crippen LogP contribution in [0.15, 0.2) is 16.8 Å². The van der Waals surface area contributed by atoms with E-state index in [1.165, 1.54) is 0 Å². The van der Waals surface area contributed by atoms with Gasteiger partial charge in [-0.25, -0.2) is 0 Å². The van der Waals surface area contributed by atoms with Gasteiger partial charge in [0.15, 0.2) is 5.78 Å². The zero-order valence-corrected chi connectivity index (χ0v) is 8.18. The molecule has 1 aliphatic rings. The lowest BCUT2D eigenvalue weighted by Crippen LogP contribution is -2.20. The fourth-order valence-electron chi connectivity index (χ4n) is 1.54. The van der Waals surface area contributed by atoms with Crippen molar-refractivity contribution in [3.05, 3.63) is 22.4 Å². The number of carbonyl (C=O) groups excluding carboxylic acids is 1. The molecule has 1 aromatic heterocycles. The molecule has 0 bridgehead atoms. The summed E-state index contributed by atoms with van der Waals surface area (Å²) in [7, 11) is 0. The van der Waals surface area contributed by atoms with Crippen LogP contribution in [0.4, 0.5) is 0 Å². The summed E-state index contributed by atoms with van der Waals surface area (Å²) < 4.78 is 5.32. The Bertz CT molecular complexity index is 273. The molecule has 0 aliphatic carbocycles. The minimum atomic E-state index is -0.125. The minimum Gasteiger partial charge on any atom is -0.370 e. The summed E-state index contributed by atoms with van der Waals surface area (Å²) in [6.07, 6.45) is 2.34. The van der Waals surface area contributed by atoms with E-state index in [2.05, 4.69) is 0 Å². The Labute approximate surface area is 81.5 Å². The summed E-state index contributed by atoms with van der Waals surface area (Å²) in [4.78, 5) is 11.6. The molecule has 2 heterocycles. The standard InChI is InChI=1S/C10H12O2S/c11-9(10-2-1-4-12-10)6-8-3-5-13-7-8/h3,5,7,10H,1-2,4,6H2. The first kappa shape index (κ1) is 8.91. The van der Waals surface area contributed by atoms with Gasteiger partial charge in [-0.3, -0.25) is 4.79 Å². The Morgan fingerprint density at radius 1 is 1.69 bits per heavy atom. The molecule has 0 N–H and O–H groups in total. The summed E-state index contributed by atoms with van der Waals surface area (Å²) in [5.41, 5.74) is 1.12. The highest BCUT2D eigenvalue weighted by molar-refractivity contribution is 7.07. The first-order valence-corrected chi connectivity index (χ1v) is 5.46. The predicted octanol–water partition coefficient (Wildman–Crippen LogP) is 2.04. The quantitative estimate of drug-likeness (QED) is 0.739. The number of ether oxygens (including phenoxy) is 1. The summed E-state index contributed by atoms with van der Waals surface area (Å²) in [5.74, 6) is 0.232. The Morgan fingerprint density at radius 2 is 2.62 bits per heavy atom. The van der Waals surface area contributed by atoms with Crippen LogP contribution in [-0.4, -0.2) is 18.5 Å². The molecule has 1 aromatic rings. The fourth-order valence-corrected chi connectivity index (χ4v) is 2.21. The SMILES string of the molecule is O=C(Cc1ccsc1)C1CCCO1. The van der Waals surface area contributed by atoms with Crippen LogP contribution in [0, 0.1) is 0 Å². The van der Waals surface area contributed by atoms with Crippen molar-refractivity contribution in [1.82, 2.24) is 0 Å². The van der Waals surface area contributed by atoms with Crippen LogP contribution in [-0.2, 0) is 16.0 Å². The monoisotopic (exact) mass is 196 g/mol. The van der Waals surface area contributed by atoms with E-state index in [9.17, 15) is 4.79 Å². The van der Waals surface area contributed by atoms with Crippen LogP contribution in [0.5, 0.6) is 0 Å². The van der Waals surface area contributed by atoms with Crippen LogP contribution in [0.1, 0.15) is 18.4 Å². The second-order valence-corrected chi connectivity index (χ2v) is 4.06. The number of rotatable bonds is 3. The van der Waals surface area contributed by atoms with E-state index < -0.39 is 0 Å². The largest absolute Gasteiger partial charge is 0.370 e. The van der Waals surface area contributed by atoms with Gasteiger partial charge in [0, 0.05) is 13.0 Å². The highest BCUT2D eigenvalue weighted by atomic mass is 32.1. The maximum Gasteiger partial charge on any atom is 0.165 e. The summed E-state index contributed by atoms with van der Waals surface area (Å²) >= 11 is 1.63. The second-order valence-electron chi connectivity index (χ2n) is 3.28. The van der Waals surface area contributed by atoms with Crippen molar-refractivity contribution < 1.29 is 9.53 Å². The van der Waals surface area contributed by atoms with E-state index in [4.69, 9.17) is 4.74 Å². The first-order chi connectivity index (χ1) is 6.36. The first-order valence-electron chi connectivity index (χ1n) is 4.51. The molecule has 13 heavy (non-hydrogen) atoms. The van der Waals surface area contributed by atoms with Gasteiger partial charge in [-0.15, -0.1) is 0 Å². The van der Waals surface area contributed by atoms with E-state index in [-0.39, 0.29) is 11.9 Å². The van der Waals surface area contributed by atoms with Crippen molar-refractivity contribution in [3.63, 3.8) is 0 Å². The van der Waals surface area contributed by atoms with Crippen molar-refractivity contribution in [2.75, 3.05) is 6.61 Å². The van der Waals surface area contributed by atoms with Gasteiger partial charge in [-0.2, -0.15) is 11.3 Å². The third-order valence-electron chi connectivity index (χ3n) is 2.25. The molecule has 3 heteroatoms. The highest BCUT2D eigenvalue weighted by Crippen LogP contribution is 2.16. The third-order valence-corrected chi connectivity index (χ3v) is 2.98. The van der Waals surface area contributed by atoms with Crippen molar-refractivity contribution in [2.24, 2.45) is 0 Å². The number of hydrogen-bond acceptors (Lipinski definition) is 3. The van der Waals surface area contributed by atoms with Crippen LogP contribution in [0.2, 0.25) is 0 Å². The lowest BCUT2D eigenvalue weighted by molar-refractivity contribution is -0.127. The van der Waals surface area contributed by atoms with Gasteiger partial charge >= 0.3 is 0 Å². The molecule has 0 saturated carbocycles. The number of carbonyl (C=O) groups is 1. The van der Waals surface area contributed by atoms with Gasteiger partial charge in [-0.05, 0) is 35.2 Å². The van der Waals surface area contributed by atoms with E-state index in [0.717, 1.165) is 25.0 Å². The number of ketones is 1. The molecule has 1 fully saturated rings. The number of hydrogen-bond donors (Lipinski definition) is 0. The summed E-state index contributed by atoms with van der Waals surface area (Å²) in [6, 6.07) is 2.00. The van der Waals surface area contributed by atoms with E-state index in [1.807, 2.05) is 16.8 Å². The van der Waals surface area contributed by atoms with E-state index in [0.29, 0.717) is 6.42 Å². The zero-order chi connectivity index (χ0) is 9.10. The molecule has 70 valence electrons. The smallest absolute Gasteiger partial charge is 0.165 e. The molecule has 2 rings (SSSR count). The fraction of sp³-hybridized carbons (Fsp3) is 0.500. The topological polar surface area (TPSA) is 26.3 Å². The highest BCUT2D eigenvalue weighted by Gasteiger charge is 2.23. The van der Waals surface area contributed by atoms with Crippen molar-refractivity contribution in [3.8, 4) is 0 Å². The molecule has 1 unspecified atom stereocenters. The Balaban J connectivity index is 1.91. The van der Waals surface area contributed by atoms with Gasteiger partial charge in [0.1, 0.15) is 6.10 Å². The average molecular weight is 196 g/mol. The van der Waals surface area contributed by atoms with Gasteiger partial charge in [0.05, 0.1) is 0 Å². The van der Waals surface area contributed by atoms with Crippen LogP contribution < -0.4 is 0 Å². The predicted molar refractivity (Wildman–Crippen MR) is 52.0 cm³/mol. The van der Waals surface area contributed by atoms with Crippen molar-refractivity contribution in [2.45, 2.75) is 25.4 Å². The second kappa shape index (κ2) is 4.03. The van der Waals surface area contributed by atoms with Crippen LogP contribution in [0.3, 0.4) is 0 Å². The lowest BCUT2D eigenvalue weighted by Gasteiger charge is -2.06. The third kappa shape index (κ3) is 2.17. The summed E-state index contributed by atoms with van der Waals surface area (Å²) in [5, 5.41) is 4.02. The molecular formula is C10H12O2S. The molecule has 1 atom stereocenters. The maximum absolute atomic E-state index is 11.6. The molecule has 1 saturated heterocycles.